The molecule has 0 spiro atoms. The van der Waals surface area contributed by atoms with Crippen molar-refractivity contribution in [3.8, 4) is 0 Å². The minimum Gasteiger partial charge on any atom is -0.354 e. The van der Waals surface area contributed by atoms with Gasteiger partial charge in [0, 0.05) is 12.2 Å². The first kappa shape index (κ1) is 18.2. The molecule has 20 heavy (non-hydrogen) atoms. The number of halogens is 1. The van der Waals surface area contributed by atoms with E-state index in [2.05, 4.69) is 16.0 Å². The second-order valence-corrected chi connectivity index (χ2v) is 4.12. The molecule has 0 aliphatic carbocycles. The number of hydrogen-bond donors (Lipinski definition) is 4. The number of carbonyl (C=O) groups is 2. The quantitative estimate of drug-likeness (QED) is 0.592. The number of nitrogens with one attached hydrogen (secondary N) is 3. The molecule has 0 fully saturated rings. The monoisotopic (exact) mass is 300 g/mol. The number of amides is 3. The second kappa shape index (κ2) is 10.1. The molecule has 0 heterocycles. The van der Waals surface area contributed by atoms with E-state index in [9.17, 15) is 9.59 Å². The van der Waals surface area contributed by atoms with Gasteiger partial charge in [0.2, 0.25) is 5.91 Å². The summed E-state index contributed by atoms with van der Waals surface area (Å²) in [6.45, 7) is 2.67. The fourth-order valence-electron chi connectivity index (χ4n) is 1.42. The Labute approximate surface area is 124 Å². The number of nitrogens with two attached hydrogens (primary N) is 1. The Morgan fingerprint density at radius 3 is 2.50 bits per heavy atom. The highest BCUT2D eigenvalue weighted by Crippen LogP contribution is 2.04. The van der Waals surface area contributed by atoms with Crippen molar-refractivity contribution in [3.05, 3.63) is 30.3 Å². The predicted octanol–water partition coefficient (Wildman–Crippen LogP) is 1.08. The summed E-state index contributed by atoms with van der Waals surface area (Å²) in [7, 11) is 0. The van der Waals surface area contributed by atoms with E-state index in [-0.39, 0.29) is 18.3 Å². The molecule has 0 aliphatic heterocycles. The van der Waals surface area contributed by atoms with Crippen LogP contribution in [0.3, 0.4) is 0 Å². The lowest BCUT2D eigenvalue weighted by atomic mass is 10.3. The summed E-state index contributed by atoms with van der Waals surface area (Å²) < 4.78 is 0. The van der Waals surface area contributed by atoms with Crippen molar-refractivity contribution >= 4 is 30.0 Å². The van der Waals surface area contributed by atoms with Crippen molar-refractivity contribution in [2.75, 3.05) is 18.4 Å². The van der Waals surface area contributed by atoms with Crippen molar-refractivity contribution in [3.63, 3.8) is 0 Å². The van der Waals surface area contributed by atoms with Gasteiger partial charge in [-0.2, -0.15) is 0 Å². The van der Waals surface area contributed by atoms with Gasteiger partial charge in [0.1, 0.15) is 6.04 Å². The summed E-state index contributed by atoms with van der Waals surface area (Å²) >= 11 is 0. The van der Waals surface area contributed by atoms with Gasteiger partial charge in [-0.1, -0.05) is 18.2 Å². The first-order valence-corrected chi connectivity index (χ1v) is 6.24. The minimum absolute atomic E-state index is 0. The third-order valence-electron chi connectivity index (χ3n) is 2.45. The molecule has 1 rings (SSSR count). The number of hydrogen-bond acceptors (Lipinski definition) is 3. The zero-order valence-electron chi connectivity index (χ0n) is 11.4. The molecule has 0 bridgehead atoms. The second-order valence-electron chi connectivity index (χ2n) is 4.12. The van der Waals surface area contributed by atoms with Crippen LogP contribution in [0.15, 0.2) is 30.3 Å². The largest absolute Gasteiger partial charge is 0.354 e. The first-order chi connectivity index (χ1) is 9.13. The van der Waals surface area contributed by atoms with E-state index in [1.54, 1.807) is 19.1 Å². The summed E-state index contributed by atoms with van der Waals surface area (Å²) in [5.41, 5.74) is 6.00. The van der Waals surface area contributed by atoms with E-state index >= 15 is 0 Å². The Morgan fingerprint density at radius 1 is 1.25 bits per heavy atom. The molecule has 112 valence electrons. The maximum atomic E-state index is 11.6. The molecular formula is C13H21ClN4O2. The molecule has 0 saturated carbocycles. The molecule has 1 aromatic carbocycles. The average molecular weight is 301 g/mol. The Bertz CT molecular complexity index is 414. The predicted molar refractivity (Wildman–Crippen MR) is 82.0 cm³/mol. The molecular weight excluding hydrogens is 280 g/mol. The highest BCUT2D eigenvalue weighted by atomic mass is 35.5. The summed E-state index contributed by atoms with van der Waals surface area (Å²) in [5.74, 6) is -0.225. The normalized spacial score (nSPS) is 10.9. The number of urea groups is 1. The van der Waals surface area contributed by atoms with Crippen LogP contribution in [0.4, 0.5) is 10.5 Å². The Hall–Kier alpha value is -1.79. The maximum Gasteiger partial charge on any atom is 0.319 e. The van der Waals surface area contributed by atoms with Crippen molar-refractivity contribution < 1.29 is 9.59 Å². The average Bonchev–Trinajstić information content (AvgIpc) is 2.39. The van der Waals surface area contributed by atoms with Gasteiger partial charge < -0.3 is 21.7 Å². The fraction of sp³-hybridized carbons (Fsp3) is 0.385. The van der Waals surface area contributed by atoms with E-state index in [0.717, 1.165) is 0 Å². The van der Waals surface area contributed by atoms with Crippen molar-refractivity contribution in [1.29, 1.82) is 0 Å². The van der Waals surface area contributed by atoms with E-state index < -0.39 is 12.1 Å². The molecule has 6 nitrogen and oxygen atoms in total. The number of para-hydroxylation sites is 1. The van der Waals surface area contributed by atoms with E-state index in [4.69, 9.17) is 5.73 Å². The van der Waals surface area contributed by atoms with Gasteiger partial charge in [-0.05, 0) is 32.0 Å². The number of rotatable bonds is 6. The van der Waals surface area contributed by atoms with Crippen LogP contribution in [0.1, 0.15) is 13.3 Å². The Morgan fingerprint density at radius 2 is 1.90 bits per heavy atom. The molecule has 7 heteroatoms. The van der Waals surface area contributed by atoms with Crippen LogP contribution in [0.5, 0.6) is 0 Å². The van der Waals surface area contributed by atoms with E-state index in [0.29, 0.717) is 25.2 Å². The lowest BCUT2D eigenvalue weighted by Crippen LogP contribution is -2.46. The molecule has 1 aromatic rings. The summed E-state index contributed by atoms with van der Waals surface area (Å²) in [6.07, 6.45) is 0.717. The van der Waals surface area contributed by atoms with Crippen molar-refractivity contribution in [1.82, 2.24) is 10.6 Å². The molecule has 0 aromatic heterocycles. The summed E-state index contributed by atoms with van der Waals surface area (Å²) in [5, 5.41) is 7.90. The minimum atomic E-state index is -0.596. The third-order valence-corrected chi connectivity index (χ3v) is 2.45. The van der Waals surface area contributed by atoms with Gasteiger partial charge in [-0.25, -0.2) is 4.79 Å². The van der Waals surface area contributed by atoms with Gasteiger partial charge in [-0.15, -0.1) is 12.4 Å². The van der Waals surface area contributed by atoms with Crippen LogP contribution in [-0.2, 0) is 4.79 Å². The number of anilines is 1. The zero-order chi connectivity index (χ0) is 14.1. The van der Waals surface area contributed by atoms with Crippen molar-refractivity contribution in [2.24, 2.45) is 5.73 Å². The maximum absolute atomic E-state index is 11.6. The zero-order valence-corrected chi connectivity index (χ0v) is 12.2. The topological polar surface area (TPSA) is 96.2 Å². The molecule has 0 saturated heterocycles. The van der Waals surface area contributed by atoms with Crippen LogP contribution in [-0.4, -0.2) is 31.1 Å². The fourth-order valence-corrected chi connectivity index (χ4v) is 1.42. The van der Waals surface area contributed by atoms with Gasteiger partial charge in [0.25, 0.3) is 0 Å². The first-order valence-electron chi connectivity index (χ1n) is 6.24. The molecule has 1 unspecified atom stereocenters. The molecule has 0 radical (unpaired) electrons. The standard InChI is InChI=1S/C13H20N4O2.ClH/c1-10(12(18)15-9-5-8-14)16-13(19)17-11-6-3-2-4-7-11;/h2-4,6-7,10H,5,8-9,14H2,1H3,(H,15,18)(H2,16,17,19);1H. The highest BCUT2D eigenvalue weighted by molar-refractivity contribution is 5.93. The smallest absolute Gasteiger partial charge is 0.319 e. The molecule has 0 aliphatic rings. The SMILES string of the molecule is CC(NC(=O)Nc1ccccc1)C(=O)NCCCN.Cl. The summed E-state index contributed by atoms with van der Waals surface area (Å²) in [6, 6.07) is 8.03. The van der Waals surface area contributed by atoms with Gasteiger partial charge in [-0.3, -0.25) is 4.79 Å². The lowest BCUT2D eigenvalue weighted by Gasteiger charge is -2.14. The van der Waals surface area contributed by atoms with Gasteiger partial charge in [0.15, 0.2) is 0 Å². The highest BCUT2D eigenvalue weighted by Gasteiger charge is 2.14. The Kier molecular flexibility index (Phi) is 9.15. The van der Waals surface area contributed by atoms with Crippen LogP contribution in [0, 0.1) is 0 Å². The molecule has 3 amide bonds. The number of carbonyl (C=O) groups excluding carboxylic acids is 2. The number of benzene rings is 1. The van der Waals surface area contributed by atoms with Crippen LogP contribution >= 0.6 is 12.4 Å². The van der Waals surface area contributed by atoms with Gasteiger partial charge >= 0.3 is 6.03 Å². The Balaban J connectivity index is 0.00000361. The lowest BCUT2D eigenvalue weighted by molar-refractivity contribution is -0.122. The van der Waals surface area contributed by atoms with Crippen LogP contribution in [0.25, 0.3) is 0 Å². The van der Waals surface area contributed by atoms with Gasteiger partial charge in [0.05, 0.1) is 0 Å². The van der Waals surface area contributed by atoms with E-state index in [1.807, 2.05) is 18.2 Å². The molecule has 5 N–H and O–H groups in total. The van der Waals surface area contributed by atoms with E-state index in [1.165, 1.54) is 0 Å². The summed E-state index contributed by atoms with van der Waals surface area (Å²) in [4.78, 5) is 23.2. The van der Waals surface area contributed by atoms with Crippen molar-refractivity contribution in [2.45, 2.75) is 19.4 Å². The third kappa shape index (κ3) is 6.96. The van der Waals surface area contributed by atoms with Crippen LogP contribution < -0.4 is 21.7 Å². The molecule has 1 atom stereocenters. The van der Waals surface area contributed by atoms with Crippen LogP contribution in [0.2, 0.25) is 0 Å².